The van der Waals surface area contributed by atoms with Crippen LogP contribution >= 0.6 is 0 Å². The zero-order chi connectivity index (χ0) is 16.4. The quantitative estimate of drug-likeness (QED) is 0.929. The average molecular weight is 325 g/mol. The van der Waals surface area contributed by atoms with Crippen molar-refractivity contribution in [3.63, 3.8) is 0 Å². The summed E-state index contributed by atoms with van der Waals surface area (Å²) >= 11 is 0. The van der Waals surface area contributed by atoms with Crippen molar-refractivity contribution in [3.05, 3.63) is 27.9 Å². The Kier molecular flexibility index (Phi) is 4.80. The van der Waals surface area contributed by atoms with Crippen LogP contribution in [-0.4, -0.2) is 39.9 Å². The molecule has 2 fully saturated rings. The van der Waals surface area contributed by atoms with E-state index < -0.39 is 5.92 Å². The summed E-state index contributed by atoms with van der Waals surface area (Å²) in [7, 11) is 0. The Bertz CT molecular complexity index is 584. The number of hydrogen-bond acceptors (Lipinski definition) is 3. The maximum Gasteiger partial charge on any atom is 0.254 e. The number of piperidine rings is 1. The Morgan fingerprint density at radius 2 is 1.91 bits per heavy atom. The molecule has 1 N–H and O–H groups in total. The summed E-state index contributed by atoms with van der Waals surface area (Å²) in [5, 5.41) is 0. The fourth-order valence-corrected chi connectivity index (χ4v) is 3.82. The number of hydrogen-bond donors (Lipinski definition) is 1. The smallest absolute Gasteiger partial charge is 0.254 e. The first kappa shape index (κ1) is 16.6. The van der Waals surface area contributed by atoms with Gasteiger partial charge in [-0.05, 0) is 45.2 Å². The molecule has 4 nitrogen and oxygen atoms in total. The lowest BCUT2D eigenvalue weighted by Crippen LogP contribution is -2.44. The van der Waals surface area contributed by atoms with Crippen molar-refractivity contribution in [2.45, 2.75) is 69.8 Å². The number of rotatable bonds is 3. The minimum Gasteiger partial charge on any atom is -0.310 e. The molecule has 0 atom stereocenters. The van der Waals surface area contributed by atoms with Crippen LogP contribution in [-0.2, 0) is 6.42 Å². The fourth-order valence-electron chi connectivity index (χ4n) is 3.82. The van der Waals surface area contributed by atoms with Crippen LogP contribution in [0.15, 0.2) is 11.0 Å². The molecule has 3 rings (SSSR count). The molecule has 1 aliphatic carbocycles. The number of H-pyrrole nitrogens is 1. The number of nitrogens with one attached hydrogen (secondary N) is 1. The summed E-state index contributed by atoms with van der Waals surface area (Å²) in [6.07, 6.45) is 5.46. The zero-order valence-corrected chi connectivity index (χ0v) is 13.7. The van der Waals surface area contributed by atoms with Gasteiger partial charge in [0, 0.05) is 36.6 Å². The third kappa shape index (κ3) is 3.79. The lowest BCUT2D eigenvalue weighted by atomic mass is 9.88. The number of alkyl halides is 2. The largest absolute Gasteiger partial charge is 0.310 e. The molecule has 1 aliphatic heterocycles. The molecular weight excluding hydrogens is 300 g/mol. The molecule has 2 aliphatic rings. The normalized spacial score (nSPS) is 24.0. The van der Waals surface area contributed by atoms with Crippen molar-refractivity contribution in [1.82, 2.24) is 14.9 Å². The molecular formula is C17H25F2N3O. The maximum absolute atomic E-state index is 13.3. The van der Waals surface area contributed by atoms with Crippen LogP contribution in [0.3, 0.4) is 0 Å². The summed E-state index contributed by atoms with van der Waals surface area (Å²) in [6.45, 7) is 3.75. The molecule has 0 bridgehead atoms. The van der Waals surface area contributed by atoms with E-state index in [1.807, 2.05) is 6.92 Å². The van der Waals surface area contributed by atoms with E-state index in [-0.39, 0.29) is 24.3 Å². The number of aromatic amines is 1. The number of halogens is 2. The van der Waals surface area contributed by atoms with Gasteiger partial charge in [0.05, 0.1) is 0 Å². The molecule has 0 amide bonds. The Morgan fingerprint density at radius 3 is 2.48 bits per heavy atom. The van der Waals surface area contributed by atoms with Gasteiger partial charge in [-0.2, -0.15) is 0 Å². The summed E-state index contributed by atoms with van der Waals surface area (Å²) in [4.78, 5) is 21.6. The lowest BCUT2D eigenvalue weighted by Gasteiger charge is -2.40. The topological polar surface area (TPSA) is 49.0 Å². The standard InChI is InChI=1S/C17H25F2N3O/c1-2-12-11-20-15(21-16(12)23)13-5-9-22(10-6-13)14-3-7-17(18,19)8-4-14/h11,13-14H,2-10H2,1H3,(H,20,21,23). The van der Waals surface area contributed by atoms with Crippen LogP contribution in [0, 0.1) is 0 Å². The highest BCUT2D eigenvalue weighted by atomic mass is 19.3. The molecule has 0 aromatic carbocycles. The van der Waals surface area contributed by atoms with Crippen LogP contribution in [0.5, 0.6) is 0 Å². The van der Waals surface area contributed by atoms with Crippen LogP contribution in [0.4, 0.5) is 8.78 Å². The molecule has 128 valence electrons. The molecule has 0 radical (unpaired) electrons. The second kappa shape index (κ2) is 6.67. The molecule has 1 aromatic heterocycles. The Morgan fingerprint density at radius 1 is 1.26 bits per heavy atom. The molecule has 1 saturated carbocycles. The van der Waals surface area contributed by atoms with Gasteiger partial charge < -0.3 is 9.88 Å². The second-order valence-corrected chi connectivity index (χ2v) is 6.87. The first-order valence-corrected chi connectivity index (χ1v) is 8.68. The van der Waals surface area contributed by atoms with Gasteiger partial charge in [-0.25, -0.2) is 13.8 Å². The molecule has 0 spiro atoms. The van der Waals surface area contributed by atoms with Gasteiger partial charge in [-0.1, -0.05) is 6.92 Å². The summed E-state index contributed by atoms with van der Waals surface area (Å²) in [5.74, 6) is -1.41. The third-order valence-corrected chi connectivity index (χ3v) is 5.39. The van der Waals surface area contributed by atoms with E-state index in [0.717, 1.165) is 31.8 Å². The van der Waals surface area contributed by atoms with E-state index in [1.54, 1.807) is 6.20 Å². The third-order valence-electron chi connectivity index (χ3n) is 5.39. The van der Waals surface area contributed by atoms with E-state index in [4.69, 9.17) is 0 Å². The molecule has 1 saturated heterocycles. The first-order valence-electron chi connectivity index (χ1n) is 8.68. The van der Waals surface area contributed by atoms with Crippen molar-refractivity contribution in [2.24, 2.45) is 0 Å². The van der Waals surface area contributed by atoms with Crippen LogP contribution < -0.4 is 5.56 Å². The van der Waals surface area contributed by atoms with Crippen LogP contribution in [0.1, 0.15) is 62.8 Å². The van der Waals surface area contributed by atoms with E-state index >= 15 is 0 Å². The highest BCUT2D eigenvalue weighted by Gasteiger charge is 2.37. The summed E-state index contributed by atoms with van der Waals surface area (Å²) < 4.78 is 26.5. The SMILES string of the molecule is CCc1cnc(C2CCN(C3CCC(F)(F)CC3)CC2)[nH]c1=O. The average Bonchev–Trinajstić information content (AvgIpc) is 2.55. The predicted molar refractivity (Wildman–Crippen MR) is 85.0 cm³/mol. The van der Waals surface area contributed by atoms with Crippen molar-refractivity contribution in [3.8, 4) is 0 Å². The number of aryl methyl sites for hydroxylation is 1. The number of nitrogens with zero attached hydrogens (tertiary/aromatic N) is 2. The Balaban J connectivity index is 1.56. The number of likely N-dealkylation sites (tertiary alicyclic amines) is 1. The molecule has 2 heterocycles. The van der Waals surface area contributed by atoms with Gasteiger partial charge in [-0.3, -0.25) is 4.79 Å². The van der Waals surface area contributed by atoms with E-state index in [0.29, 0.717) is 30.9 Å². The minimum atomic E-state index is -2.46. The summed E-state index contributed by atoms with van der Waals surface area (Å²) in [6, 6.07) is 0.296. The summed E-state index contributed by atoms with van der Waals surface area (Å²) in [5.41, 5.74) is 0.684. The molecule has 0 unspecified atom stereocenters. The Labute approximate surface area is 135 Å². The first-order chi connectivity index (χ1) is 11.0. The molecule has 6 heteroatoms. The highest BCUT2D eigenvalue weighted by Crippen LogP contribution is 2.36. The molecule has 1 aromatic rings. The van der Waals surface area contributed by atoms with Crippen molar-refractivity contribution >= 4 is 0 Å². The van der Waals surface area contributed by atoms with Crippen molar-refractivity contribution in [1.29, 1.82) is 0 Å². The second-order valence-electron chi connectivity index (χ2n) is 6.87. The van der Waals surface area contributed by atoms with Gasteiger partial charge in [0.1, 0.15) is 5.82 Å². The fraction of sp³-hybridized carbons (Fsp3) is 0.765. The minimum absolute atomic E-state index is 0.0188. The van der Waals surface area contributed by atoms with Crippen LogP contribution in [0.25, 0.3) is 0 Å². The van der Waals surface area contributed by atoms with Gasteiger partial charge >= 0.3 is 0 Å². The monoisotopic (exact) mass is 325 g/mol. The zero-order valence-electron chi connectivity index (χ0n) is 13.7. The van der Waals surface area contributed by atoms with E-state index in [2.05, 4.69) is 14.9 Å². The maximum atomic E-state index is 13.3. The predicted octanol–water partition coefficient (Wildman–Crippen LogP) is 3.09. The van der Waals surface area contributed by atoms with Gasteiger partial charge in [0.2, 0.25) is 5.92 Å². The number of aromatic nitrogens is 2. The van der Waals surface area contributed by atoms with Gasteiger partial charge in [0.25, 0.3) is 5.56 Å². The van der Waals surface area contributed by atoms with E-state index in [1.165, 1.54) is 0 Å². The van der Waals surface area contributed by atoms with E-state index in [9.17, 15) is 13.6 Å². The highest BCUT2D eigenvalue weighted by molar-refractivity contribution is 5.08. The van der Waals surface area contributed by atoms with Crippen LogP contribution in [0.2, 0.25) is 0 Å². The molecule has 23 heavy (non-hydrogen) atoms. The van der Waals surface area contributed by atoms with Crippen molar-refractivity contribution in [2.75, 3.05) is 13.1 Å². The Hall–Kier alpha value is -1.30. The lowest BCUT2D eigenvalue weighted by molar-refractivity contribution is -0.0559. The van der Waals surface area contributed by atoms with Crippen molar-refractivity contribution < 1.29 is 8.78 Å². The van der Waals surface area contributed by atoms with Gasteiger partial charge in [-0.15, -0.1) is 0 Å². The van der Waals surface area contributed by atoms with Gasteiger partial charge in [0.15, 0.2) is 0 Å².